The summed E-state index contributed by atoms with van der Waals surface area (Å²) in [6.45, 7) is 4.22. The van der Waals surface area contributed by atoms with Crippen LogP contribution >= 0.6 is 0 Å². The van der Waals surface area contributed by atoms with E-state index < -0.39 is 5.97 Å². The topological polar surface area (TPSA) is 66.8 Å². The standard InChI is InChI=1S/C21H19NO4/c23-20(10-5-16-1-8-19(9-2-16)21(24)25)18-6-3-17(4-7-18)15-22-11-13-26-14-12-22/h1-4,6-9H,11-15H2,(H,24,25). The summed E-state index contributed by atoms with van der Waals surface area (Å²) in [7, 11) is 0. The van der Waals surface area contributed by atoms with Crippen LogP contribution in [0.5, 0.6) is 0 Å². The van der Waals surface area contributed by atoms with E-state index in [0.717, 1.165) is 38.4 Å². The Kier molecular flexibility index (Phi) is 5.80. The third-order valence-corrected chi connectivity index (χ3v) is 4.18. The lowest BCUT2D eigenvalue weighted by molar-refractivity contribution is 0.0342. The zero-order valence-electron chi connectivity index (χ0n) is 14.3. The predicted molar refractivity (Wildman–Crippen MR) is 97.1 cm³/mol. The van der Waals surface area contributed by atoms with Crippen molar-refractivity contribution in [3.05, 3.63) is 70.8 Å². The molecule has 1 aliphatic rings. The van der Waals surface area contributed by atoms with E-state index in [1.165, 1.54) is 12.1 Å². The molecule has 0 aliphatic carbocycles. The Bertz CT molecular complexity index is 838. The number of carboxylic acid groups (broad SMARTS) is 1. The van der Waals surface area contributed by atoms with Crippen molar-refractivity contribution in [2.45, 2.75) is 6.54 Å². The lowest BCUT2D eigenvalue weighted by Crippen LogP contribution is -2.35. The summed E-state index contributed by atoms with van der Waals surface area (Å²) in [4.78, 5) is 25.3. The molecule has 1 N–H and O–H groups in total. The van der Waals surface area contributed by atoms with Crippen LogP contribution in [0.2, 0.25) is 0 Å². The van der Waals surface area contributed by atoms with Gasteiger partial charge in [0.2, 0.25) is 5.78 Å². The van der Waals surface area contributed by atoms with Gasteiger partial charge in [-0.05, 0) is 35.7 Å². The molecular formula is C21H19NO4. The maximum Gasteiger partial charge on any atom is 0.335 e. The molecule has 5 nitrogen and oxygen atoms in total. The summed E-state index contributed by atoms with van der Waals surface area (Å²) in [6, 6.07) is 13.6. The largest absolute Gasteiger partial charge is 0.478 e. The number of carboxylic acids is 1. The van der Waals surface area contributed by atoms with Crippen molar-refractivity contribution in [1.82, 2.24) is 4.90 Å². The average Bonchev–Trinajstić information content (AvgIpc) is 2.68. The van der Waals surface area contributed by atoms with Crippen molar-refractivity contribution in [2.24, 2.45) is 0 Å². The highest BCUT2D eigenvalue weighted by Gasteiger charge is 2.11. The van der Waals surface area contributed by atoms with Gasteiger partial charge in [0.1, 0.15) is 0 Å². The van der Waals surface area contributed by atoms with Gasteiger partial charge in [-0.15, -0.1) is 0 Å². The second kappa shape index (κ2) is 8.43. The molecular weight excluding hydrogens is 330 g/mol. The summed E-state index contributed by atoms with van der Waals surface area (Å²) in [5, 5.41) is 8.87. The normalized spacial score (nSPS) is 14.3. The van der Waals surface area contributed by atoms with Crippen LogP contribution in [-0.2, 0) is 11.3 Å². The van der Waals surface area contributed by atoms with Crippen LogP contribution in [0.3, 0.4) is 0 Å². The highest BCUT2D eigenvalue weighted by Crippen LogP contribution is 2.10. The molecule has 2 aromatic rings. The molecule has 2 aromatic carbocycles. The van der Waals surface area contributed by atoms with E-state index in [2.05, 4.69) is 16.7 Å². The van der Waals surface area contributed by atoms with Crippen LogP contribution in [0.25, 0.3) is 0 Å². The number of hydrogen-bond acceptors (Lipinski definition) is 4. The number of carbonyl (C=O) groups excluding carboxylic acids is 1. The quantitative estimate of drug-likeness (QED) is 0.678. The van der Waals surface area contributed by atoms with Gasteiger partial charge >= 0.3 is 5.97 Å². The summed E-state index contributed by atoms with van der Waals surface area (Å²) in [5.41, 5.74) is 2.50. The van der Waals surface area contributed by atoms with Gasteiger partial charge in [0.05, 0.1) is 18.8 Å². The van der Waals surface area contributed by atoms with Crippen molar-refractivity contribution in [1.29, 1.82) is 0 Å². The van der Waals surface area contributed by atoms with Crippen LogP contribution in [0.1, 0.15) is 31.8 Å². The maximum atomic E-state index is 12.2. The number of benzene rings is 2. The Morgan fingerprint density at radius 3 is 2.19 bits per heavy atom. The Morgan fingerprint density at radius 1 is 0.962 bits per heavy atom. The summed E-state index contributed by atoms with van der Waals surface area (Å²) in [6.07, 6.45) is 0. The number of morpholine rings is 1. The first kappa shape index (κ1) is 17.9. The molecule has 0 amide bonds. The number of aromatic carboxylic acids is 1. The van der Waals surface area contributed by atoms with E-state index in [1.54, 1.807) is 24.3 Å². The summed E-state index contributed by atoms with van der Waals surface area (Å²) >= 11 is 0. The molecule has 1 heterocycles. The van der Waals surface area contributed by atoms with Gasteiger partial charge in [-0.2, -0.15) is 0 Å². The first-order valence-electron chi connectivity index (χ1n) is 8.40. The molecule has 0 radical (unpaired) electrons. The minimum Gasteiger partial charge on any atom is -0.478 e. The van der Waals surface area contributed by atoms with E-state index in [9.17, 15) is 9.59 Å². The number of nitrogens with zero attached hydrogens (tertiary/aromatic N) is 1. The Balaban J connectivity index is 1.62. The van der Waals surface area contributed by atoms with Gasteiger partial charge in [0.25, 0.3) is 0 Å². The molecule has 26 heavy (non-hydrogen) atoms. The lowest BCUT2D eigenvalue weighted by Gasteiger charge is -2.26. The molecule has 1 saturated heterocycles. The maximum absolute atomic E-state index is 12.2. The second-order valence-electron chi connectivity index (χ2n) is 6.05. The van der Waals surface area contributed by atoms with Gasteiger partial charge in [-0.3, -0.25) is 9.69 Å². The van der Waals surface area contributed by atoms with Crippen molar-refractivity contribution in [3.63, 3.8) is 0 Å². The number of ether oxygens (including phenoxy) is 1. The fourth-order valence-corrected chi connectivity index (χ4v) is 2.68. The molecule has 0 spiro atoms. The fourth-order valence-electron chi connectivity index (χ4n) is 2.68. The average molecular weight is 349 g/mol. The monoisotopic (exact) mass is 349 g/mol. The van der Waals surface area contributed by atoms with E-state index in [-0.39, 0.29) is 11.3 Å². The highest BCUT2D eigenvalue weighted by atomic mass is 16.5. The van der Waals surface area contributed by atoms with Gasteiger partial charge in [-0.25, -0.2) is 4.79 Å². The Labute approximate surface area is 152 Å². The van der Waals surface area contributed by atoms with E-state index in [0.29, 0.717) is 11.1 Å². The van der Waals surface area contributed by atoms with Gasteiger partial charge in [0.15, 0.2) is 0 Å². The summed E-state index contributed by atoms with van der Waals surface area (Å²) in [5.74, 6) is 4.13. The Hall–Kier alpha value is -2.94. The molecule has 0 aromatic heterocycles. The van der Waals surface area contributed by atoms with Crippen LogP contribution in [0, 0.1) is 11.8 Å². The van der Waals surface area contributed by atoms with Crippen molar-refractivity contribution >= 4 is 11.8 Å². The van der Waals surface area contributed by atoms with Crippen LogP contribution in [0.15, 0.2) is 48.5 Å². The smallest absolute Gasteiger partial charge is 0.335 e. The van der Waals surface area contributed by atoms with Crippen molar-refractivity contribution in [2.75, 3.05) is 26.3 Å². The molecule has 0 bridgehead atoms. The molecule has 1 fully saturated rings. The number of rotatable bonds is 4. The highest BCUT2D eigenvalue weighted by molar-refractivity contribution is 6.09. The van der Waals surface area contributed by atoms with E-state index >= 15 is 0 Å². The molecule has 132 valence electrons. The first-order valence-corrected chi connectivity index (χ1v) is 8.40. The van der Waals surface area contributed by atoms with Crippen molar-refractivity contribution in [3.8, 4) is 11.8 Å². The Morgan fingerprint density at radius 2 is 1.58 bits per heavy atom. The van der Waals surface area contributed by atoms with Crippen molar-refractivity contribution < 1.29 is 19.4 Å². The van der Waals surface area contributed by atoms with Gasteiger partial charge in [-0.1, -0.05) is 30.2 Å². The molecule has 5 heteroatoms. The van der Waals surface area contributed by atoms with E-state index in [4.69, 9.17) is 9.84 Å². The minimum absolute atomic E-state index is 0.192. The third-order valence-electron chi connectivity index (χ3n) is 4.18. The number of Topliss-reactive ketones (excluding diaryl/α,β-unsaturated/α-hetero) is 1. The number of ketones is 1. The molecule has 1 aliphatic heterocycles. The molecule has 0 atom stereocenters. The molecule has 0 unspecified atom stereocenters. The van der Waals surface area contributed by atoms with E-state index in [1.807, 2.05) is 12.1 Å². The first-order chi connectivity index (χ1) is 12.6. The molecule has 3 rings (SSSR count). The van der Waals surface area contributed by atoms with Crippen LogP contribution in [0.4, 0.5) is 0 Å². The SMILES string of the molecule is O=C(O)c1ccc(C#CC(=O)c2ccc(CN3CCOCC3)cc2)cc1. The third kappa shape index (κ3) is 4.79. The molecule has 0 saturated carbocycles. The van der Waals surface area contributed by atoms with Gasteiger partial charge in [0, 0.05) is 30.8 Å². The summed E-state index contributed by atoms with van der Waals surface area (Å²) < 4.78 is 5.34. The predicted octanol–water partition coefficient (Wildman–Crippen LogP) is 2.45. The number of carbonyl (C=O) groups is 2. The zero-order valence-corrected chi connectivity index (χ0v) is 14.3. The number of hydrogen-bond donors (Lipinski definition) is 1. The zero-order chi connectivity index (χ0) is 18.4. The lowest BCUT2D eigenvalue weighted by atomic mass is 10.1. The minimum atomic E-state index is -0.988. The van der Waals surface area contributed by atoms with Crippen LogP contribution < -0.4 is 0 Å². The van der Waals surface area contributed by atoms with Gasteiger partial charge < -0.3 is 9.84 Å². The second-order valence-corrected chi connectivity index (χ2v) is 6.05. The fraction of sp³-hybridized carbons (Fsp3) is 0.238. The van der Waals surface area contributed by atoms with Crippen LogP contribution in [-0.4, -0.2) is 48.1 Å².